The molecule has 3 aliphatic rings. The van der Waals surface area contributed by atoms with E-state index in [2.05, 4.69) is 22.8 Å². The van der Waals surface area contributed by atoms with Crippen LogP contribution in [0, 0.1) is 17.8 Å². The quantitative estimate of drug-likeness (QED) is 0.766. The van der Waals surface area contributed by atoms with Gasteiger partial charge in [-0.15, -0.1) is 0 Å². The Bertz CT molecular complexity index is 423. The van der Waals surface area contributed by atoms with Crippen LogP contribution in [0.15, 0.2) is 12.2 Å². The van der Waals surface area contributed by atoms with Crippen LogP contribution in [0.5, 0.6) is 0 Å². The van der Waals surface area contributed by atoms with E-state index >= 15 is 0 Å². The van der Waals surface area contributed by atoms with Gasteiger partial charge < -0.3 is 15.4 Å². The second-order valence-corrected chi connectivity index (χ2v) is 7.84. The van der Waals surface area contributed by atoms with Crippen LogP contribution in [0.3, 0.4) is 0 Å². The third-order valence-electron chi connectivity index (χ3n) is 4.86. The number of carbonyl (C=O) groups is 1. The van der Waals surface area contributed by atoms with Crippen LogP contribution in [0.1, 0.15) is 46.5 Å². The molecule has 0 aromatic carbocycles. The third-order valence-corrected chi connectivity index (χ3v) is 4.86. The number of allylic oxidation sites excluding steroid dienone is 1. The molecule has 1 amide bonds. The number of carbonyl (C=O) groups excluding carboxylic acids is 1. The number of hydrogen-bond donors (Lipinski definition) is 2. The van der Waals surface area contributed by atoms with Gasteiger partial charge in [0, 0.05) is 18.6 Å². The van der Waals surface area contributed by atoms with Crippen LogP contribution >= 0.6 is 0 Å². The molecule has 0 radical (unpaired) electrons. The van der Waals surface area contributed by atoms with Gasteiger partial charge in [0.2, 0.25) is 0 Å². The maximum atomic E-state index is 11.9. The first-order chi connectivity index (χ1) is 9.92. The van der Waals surface area contributed by atoms with Crippen molar-refractivity contribution >= 4 is 6.09 Å². The highest BCUT2D eigenvalue weighted by atomic mass is 16.6. The topological polar surface area (TPSA) is 50.4 Å². The molecular weight excluding hydrogens is 264 g/mol. The lowest BCUT2D eigenvalue weighted by Gasteiger charge is -2.41. The van der Waals surface area contributed by atoms with E-state index in [-0.39, 0.29) is 12.1 Å². The van der Waals surface area contributed by atoms with Gasteiger partial charge >= 0.3 is 6.09 Å². The summed E-state index contributed by atoms with van der Waals surface area (Å²) in [7, 11) is 0. The van der Waals surface area contributed by atoms with E-state index < -0.39 is 5.60 Å². The van der Waals surface area contributed by atoms with Crippen molar-refractivity contribution in [2.45, 2.75) is 64.1 Å². The Morgan fingerprint density at radius 2 is 2.14 bits per heavy atom. The van der Waals surface area contributed by atoms with Gasteiger partial charge in [-0.05, 0) is 64.2 Å². The summed E-state index contributed by atoms with van der Waals surface area (Å²) in [5.74, 6) is 2.23. The highest BCUT2D eigenvalue weighted by Gasteiger charge is 2.41. The second kappa shape index (κ2) is 5.64. The van der Waals surface area contributed by atoms with Gasteiger partial charge in [0.15, 0.2) is 0 Å². The van der Waals surface area contributed by atoms with Crippen LogP contribution in [-0.2, 0) is 4.74 Å². The van der Waals surface area contributed by atoms with Crippen molar-refractivity contribution in [1.82, 2.24) is 10.6 Å². The molecule has 4 heteroatoms. The molecule has 0 bridgehead atoms. The van der Waals surface area contributed by atoms with E-state index in [1.54, 1.807) is 0 Å². The lowest BCUT2D eigenvalue weighted by atomic mass is 9.71. The smallest absolute Gasteiger partial charge is 0.407 e. The van der Waals surface area contributed by atoms with Crippen molar-refractivity contribution in [3.8, 4) is 0 Å². The van der Waals surface area contributed by atoms with Crippen molar-refractivity contribution < 1.29 is 9.53 Å². The first-order valence-electron chi connectivity index (χ1n) is 8.32. The summed E-state index contributed by atoms with van der Waals surface area (Å²) in [6.45, 7) is 6.57. The molecule has 2 saturated carbocycles. The van der Waals surface area contributed by atoms with Gasteiger partial charge in [0.1, 0.15) is 5.60 Å². The van der Waals surface area contributed by atoms with Gasteiger partial charge in [-0.2, -0.15) is 0 Å². The maximum absolute atomic E-state index is 11.9. The molecule has 3 aliphatic carbocycles. The zero-order valence-corrected chi connectivity index (χ0v) is 13.4. The zero-order valence-electron chi connectivity index (χ0n) is 13.4. The molecule has 2 fully saturated rings. The molecule has 0 heterocycles. The number of alkyl carbamates (subject to hydrolysis) is 1. The number of amides is 1. The summed E-state index contributed by atoms with van der Waals surface area (Å²) in [4.78, 5) is 11.9. The molecule has 0 spiro atoms. The van der Waals surface area contributed by atoms with Crippen molar-refractivity contribution in [3.05, 3.63) is 12.2 Å². The van der Waals surface area contributed by atoms with Crippen LogP contribution in [0.25, 0.3) is 0 Å². The molecule has 3 rings (SSSR count). The van der Waals surface area contributed by atoms with Crippen molar-refractivity contribution in [1.29, 1.82) is 0 Å². The summed E-state index contributed by atoms with van der Waals surface area (Å²) in [5.41, 5.74) is -0.429. The van der Waals surface area contributed by atoms with Crippen LogP contribution in [0.2, 0.25) is 0 Å². The first-order valence-corrected chi connectivity index (χ1v) is 8.32. The predicted molar refractivity (Wildman–Crippen MR) is 83.0 cm³/mol. The molecular formula is C17H28N2O2. The highest BCUT2D eigenvalue weighted by molar-refractivity contribution is 5.68. The maximum Gasteiger partial charge on any atom is 0.407 e. The van der Waals surface area contributed by atoms with Gasteiger partial charge in [0.05, 0.1) is 0 Å². The largest absolute Gasteiger partial charge is 0.444 e. The van der Waals surface area contributed by atoms with Crippen LogP contribution in [-0.4, -0.2) is 30.3 Å². The molecule has 2 N–H and O–H groups in total. The van der Waals surface area contributed by atoms with Gasteiger partial charge in [0.25, 0.3) is 0 Å². The number of ether oxygens (including phenoxy) is 1. The molecule has 118 valence electrons. The number of rotatable bonds is 5. The van der Waals surface area contributed by atoms with Crippen LogP contribution in [0.4, 0.5) is 4.79 Å². The van der Waals surface area contributed by atoms with E-state index in [4.69, 9.17) is 4.74 Å². The predicted octanol–water partition coefficient (Wildman–Crippen LogP) is 2.84. The van der Waals surface area contributed by atoms with Crippen molar-refractivity contribution in [3.63, 3.8) is 0 Å². The van der Waals surface area contributed by atoms with Gasteiger partial charge in [-0.25, -0.2) is 4.79 Å². The van der Waals surface area contributed by atoms with Crippen molar-refractivity contribution in [2.24, 2.45) is 17.8 Å². The number of hydrogen-bond acceptors (Lipinski definition) is 3. The standard InChI is InChI=1S/C17H28N2O2/c1-17(2,3)21-16(20)19-15(11-7-8-11)10-18-14-9-12-5-4-6-13(12)14/h4,6,11-15,18H,5,7-10H2,1-3H3,(H,19,20). The van der Waals surface area contributed by atoms with Crippen molar-refractivity contribution in [2.75, 3.05) is 6.54 Å². The third kappa shape index (κ3) is 3.79. The Morgan fingerprint density at radius 3 is 2.76 bits per heavy atom. The number of fused-ring (bicyclic) bond motifs is 1. The van der Waals surface area contributed by atoms with E-state index in [0.717, 1.165) is 18.4 Å². The minimum absolute atomic E-state index is 0.212. The molecule has 4 atom stereocenters. The molecule has 4 nitrogen and oxygen atoms in total. The first kappa shape index (κ1) is 14.9. The summed E-state index contributed by atoms with van der Waals surface area (Å²) in [6, 6.07) is 0.819. The summed E-state index contributed by atoms with van der Waals surface area (Å²) in [5, 5.41) is 6.72. The Hall–Kier alpha value is -1.03. The fourth-order valence-corrected chi connectivity index (χ4v) is 3.52. The van der Waals surface area contributed by atoms with E-state index in [0.29, 0.717) is 12.0 Å². The lowest BCUT2D eigenvalue weighted by Crippen LogP contribution is -2.53. The molecule has 0 aromatic heterocycles. The van der Waals surface area contributed by atoms with Gasteiger partial charge in [-0.1, -0.05) is 12.2 Å². The summed E-state index contributed by atoms with van der Waals surface area (Å²) >= 11 is 0. The normalized spacial score (nSPS) is 32.2. The average molecular weight is 292 g/mol. The molecule has 0 saturated heterocycles. The van der Waals surface area contributed by atoms with E-state index in [1.165, 1.54) is 25.7 Å². The SMILES string of the molecule is CC(C)(C)OC(=O)NC(CNC1CC2CC=CC21)C1CC1. The summed E-state index contributed by atoms with van der Waals surface area (Å²) < 4.78 is 5.37. The van der Waals surface area contributed by atoms with E-state index in [1.807, 2.05) is 20.8 Å². The fourth-order valence-electron chi connectivity index (χ4n) is 3.52. The molecule has 0 aromatic rings. The Morgan fingerprint density at radius 1 is 1.38 bits per heavy atom. The lowest BCUT2D eigenvalue weighted by molar-refractivity contribution is 0.0492. The molecule has 21 heavy (non-hydrogen) atoms. The molecule has 4 unspecified atom stereocenters. The highest BCUT2D eigenvalue weighted by Crippen LogP contribution is 2.42. The summed E-state index contributed by atoms with van der Waals surface area (Å²) in [6.07, 6.45) is 9.37. The minimum atomic E-state index is -0.429. The number of nitrogens with one attached hydrogen (secondary N) is 2. The Balaban J connectivity index is 1.44. The monoisotopic (exact) mass is 292 g/mol. The average Bonchev–Trinajstić information content (AvgIpc) is 3.11. The molecule has 0 aliphatic heterocycles. The zero-order chi connectivity index (χ0) is 15.0. The fraction of sp³-hybridized carbons (Fsp3) is 0.824. The minimum Gasteiger partial charge on any atom is -0.444 e. The van der Waals surface area contributed by atoms with E-state index in [9.17, 15) is 4.79 Å². The Labute approximate surface area is 127 Å². The van der Waals surface area contributed by atoms with Crippen LogP contribution < -0.4 is 10.6 Å². The Kier molecular flexibility index (Phi) is 4.00. The second-order valence-electron chi connectivity index (χ2n) is 7.84. The van der Waals surface area contributed by atoms with Gasteiger partial charge in [-0.3, -0.25) is 0 Å².